The summed E-state index contributed by atoms with van der Waals surface area (Å²) >= 11 is 2.59. The Bertz CT molecular complexity index is 906. The van der Waals surface area contributed by atoms with Crippen molar-refractivity contribution in [3.63, 3.8) is 0 Å². The Kier molecular flexibility index (Phi) is 8.85. The molecule has 0 amide bonds. The molecule has 208 valence electrons. The van der Waals surface area contributed by atoms with E-state index < -0.39 is 0 Å². The minimum absolute atomic E-state index is 0.0220. The van der Waals surface area contributed by atoms with Gasteiger partial charge in [-0.1, -0.05) is 77.0 Å². The highest BCUT2D eigenvalue weighted by Crippen LogP contribution is 2.45. The lowest BCUT2D eigenvalue weighted by atomic mass is 9.93. The van der Waals surface area contributed by atoms with Crippen LogP contribution < -0.4 is 0 Å². The number of carbonyl (C=O) groups is 2. The standard InChI is InChI=1S/C30H44N4O2S2/c35-27-25(33(23-17-9-3-10-18-23)29(37-27)31-21-13-5-1-6-14-21)26-28(36)38-30(32-22-15-7-2-8-16-22)34(26)24-19-11-4-12-20-24/h21-24H,1-20H2. The third kappa shape index (κ3) is 5.77. The number of rotatable bonds is 4. The van der Waals surface area contributed by atoms with Gasteiger partial charge < -0.3 is 9.80 Å². The van der Waals surface area contributed by atoms with Gasteiger partial charge in [-0.3, -0.25) is 19.6 Å². The van der Waals surface area contributed by atoms with Gasteiger partial charge in [-0.2, -0.15) is 0 Å². The highest BCUT2D eigenvalue weighted by atomic mass is 32.2. The van der Waals surface area contributed by atoms with E-state index in [9.17, 15) is 9.59 Å². The molecule has 0 N–H and O–H groups in total. The van der Waals surface area contributed by atoms with Crippen molar-refractivity contribution in [2.45, 2.75) is 153 Å². The molecule has 6 aliphatic rings. The van der Waals surface area contributed by atoms with Crippen LogP contribution in [-0.4, -0.2) is 54.5 Å². The zero-order valence-corrected chi connectivity index (χ0v) is 24.5. The molecular weight excluding hydrogens is 512 g/mol. The van der Waals surface area contributed by atoms with E-state index in [1.54, 1.807) is 0 Å². The third-order valence-corrected chi connectivity index (χ3v) is 11.2. The van der Waals surface area contributed by atoms with Crippen LogP contribution in [0.2, 0.25) is 0 Å². The van der Waals surface area contributed by atoms with E-state index in [0.717, 1.165) is 61.7 Å². The van der Waals surface area contributed by atoms with Crippen molar-refractivity contribution in [2.75, 3.05) is 0 Å². The number of aliphatic imine (C=N–C) groups is 2. The van der Waals surface area contributed by atoms with Crippen LogP contribution >= 0.6 is 23.5 Å². The Morgan fingerprint density at radius 1 is 0.474 bits per heavy atom. The molecule has 2 saturated heterocycles. The van der Waals surface area contributed by atoms with Crippen LogP contribution in [0.25, 0.3) is 0 Å². The van der Waals surface area contributed by atoms with Gasteiger partial charge in [-0.15, -0.1) is 0 Å². The van der Waals surface area contributed by atoms with Gasteiger partial charge in [0.05, 0.1) is 12.1 Å². The van der Waals surface area contributed by atoms with Crippen molar-refractivity contribution in [3.8, 4) is 0 Å². The molecule has 0 bridgehead atoms. The molecule has 0 spiro atoms. The van der Waals surface area contributed by atoms with Gasteiger partial charge in [0.1, 0.15) is 11.4 Å². The Labute approximate surface area is 236 Å². The van der Waals surface area contributed by atoms with Crippen LogP contribution in [0.4, 0.5) is 0 Å². The molecule has 0 aromatic heterocycles. The first-order chi connectivity index (χ1) is 18.7. The largest absolute Gasteiger partial charge is 0.312 e. The monoisotopic (exact) mass is 556 g/mol. The predicted molar refractivity (Wildman–Crippen MR) is 158 cm³/mol. The zero-order chi connectivity index (χ0) is 25.9. The lowest BCUT2D eigenvalue weighted by molar-refractivity contribution is -0.111. The van der Waals surface area contributed by atoms with Crippen LogP contribution in [0.3, 0.4) is 0 Å². The molecule has 0 aromatic carbocycles. The minimum atomic E-state index is 0.0220. The highest BCUT2D eigenvalue weighted by molar-refractivity contribution is 8.28. The van der Waals surface area contributed by atoms with Crippen molar-refractivity contribution < 1.29 is 9.59 Å². The van der Waals surface area contributed by atoms with Gasteiger partial charge in [0.25, 0.3) is 0 Å². The van der Waals surface area contributed by atoms with Gasteiger partial charge in [0, 0.05) is 12.1 Å². The summed E-state index contributed by atoms with van der Waals surface area (Å²) in [4.78, 5) is 42.7. The van der Waals surface area contributed by atoms with Crippen LogP contribution in [0.5, 0.6) is 0 Å². The summed E-state index contributed by atoms with van der Waals surface area (Å²) in [6, 6.07) is 1.14. The van der Waals surface area contributed by atoms with Crippen molar-refractivity contribution in [2.24, 2.45) is 9.98 Å². The number of hydrogen-bond donors (Lipinski definition) is 0. The molecule has 6 nitrogen and oxygen atoms in total. The average Bonchev–Trinajstić information content (AvgIpc) is 3.45. The number of thioether (sulfide) groups is 2. The molecular formula is C30H44N4O2S2. The van der Waals surface area contributed by atoms with Gasteiger partial charge in [0.2, 0.25) is 10.2 Å². The zero-order valence-electron chi connectivity index (χ0n) is 22.9. The average molecular weight is 557 g/mol. The molecule has 6 rings (SSSR count). The Balaban J connectivity index is 1.42. The molecule has 4 aliphatic carbocycles. The Hall–Kier alpha value is -1.28. The van der Waals surface area contributed by atoms with E-state index in [0.29, 0.717) is 23.5 Å². The van der Waals surface area contributed by atoms with Crippen LogP contribution in [0, 0.1) is 0 Å². The number of hydrogen-bond acceptors (Lipinski definition) is 6. The van der Waals surface area contributed by atoms with Crippen molar-refractivity contribution in [1.29, 1.82) is 0 Å². The van der Waals surface area contributed by atoms with Crippen LogP contribution in [0.15, 0.2) is 21.4 Å². The van der Waals surface area contributed by atoms with E-state index in [1.165, 1.54) is 101 Å². The van der Waals surface area contributed by atoms with Gasteiger partial charge in [-0.05, 0) is 74.9 Å². The molecule has 4 saturated carbocycles. The summed E-state index contributed by atoms with van der Waals surface area (Å²) in [5, 5.41) is 1.79. The van der Waals surface area contributed by atoms with Gasteiger partial charge in [0.15, 0.2) is 10.3 Å². The Morgan fingerprint density at radius 3 is 1.13 bits per heavy atom. The molecule has 0 aromatic rings. The van der Waals surface area contributed by atoms with Crippen LogP contribution in [0.1, 0.15) is 128 Å². The second-order valence-electron chi connectivity index (χ2n) is 12.2. The highest BCUT2D eigenvalue weighted by Gasteiger charge is 2.48. The molecule has 0 radical (unpaired) electrons. The second-order valence-corrected chi connectivity index (χ2v) is 14.1. The molecule has 0 unspecified atom stereocenters. The summed E-state index contributed by atoms with van der Waals surface area (Å²) in [5.41, 5.74) is 1.27. The maximum absolute atomic E-state index is 13.9. The molecule has 6 fully saturated rings. The molecule has 38 heavy (non-hydrogen) atoms. The molecule has 2 aliphatic heterocycles. The smallest absolute Gasteiger partial charge is 0.245 e. The minimum Gasteiger partial charge on any atom is -0.312 e. The molecule has 2 heterocycles. The summed E-state index contributed by atoms with van der Waals surface area (Å²) in [6.45, 7) is 0. The quantitative estimate of drug-likeness (QED) is 0.336. The fourth-order valence-electron chi connectivity index (χ4n) is 7.44. The van der Waals surface area contributed by atoms with E-state index >= 15 is 0 Å². The third-order valence-electron chi connectivity index (χ3n) is 9.49. The van der Waals surface area contributed by atoms with E-state index in [2.05, 4.69) is 9.80 Å². The Morgan fingerprint density at radius 2 is 0.789 bits per heavy atom. The van der Waals surface area contributed by atoms with E-state index in [-0.39, 0.29) is 22.3 Å². The summed E-state index contributed by atoms with van der Waals surface area (Å²) in [6.07, 6.45) is 23.5. The first-order valence-electron chi connectivity index (χ1n) is 15.6. The molecule has 0 atom stereocenters. The summed E-state index contributed by atoms with van der Waals surface area (Å²) < 4.78 is 0. The lowest BCUT2D eigenvalue weighted by Gasteiger charge is -2.37. The van der Waals surface area contributed by atoms with Gasteiger partial charge in [-0.25, -0.2) is 0 Å². The summed E-state index contributed by atoms with van der Waals surface area (Å²) in [7, 11) is 0. The normalized spacial score (nSPS) is 31.9. The van der Waals surface area contributed by atoms with E-state index in [1.807, 2.05) is 0 Å². The van der Waals surface area contributed by atoms with Crippen molar-refractivity contribution in [3.05, 3.63) is 11.4 Å². The fraction of sp³-hybridized carbons (Fsp3) is 0.800. The predicted octanol–water partition coefficient (Wildman–Crippen LogP) is 7.39. The first kappa shape index (κ1) is 26.9. The number of nitrogens with zero attached hydrogens (tertiary/aromatic N) is 4. The lowest BCUT2D eigenvalue weighted by Crippen LogP contribution is -2.42. The number of amidine groups is 2. The van der Waals surface area contributed by atoms with E-state index in [4.69, 9.17) is 9.98 Å². The van der Waals surface area contributed by atoms with Crippen LogP contribution in [-0.2, 0) is 9.59 Å². The second kappa shape index (κ2) is 12.5. The summed E-state index contributed by atoms with van der Waals surface area (Å²) in [5.74, 6) is 0. The fourth-order valence-corrected chi connectivity index (χ4v) is 9.43. The number of carbonyl (C=O) groups excluding carboxylic acids is 2. The first-order valence-corrected chi connectivity index (χ1v) is 17.2. The maximum Gasteiger partial charge on any atom is 0.245 e. The topological polar surface area (TPSA) is 65.3 Å². The van der Waals surface area contributed by atoms with Crippen molar-refractivity contribution >= 4 is 44.1 Å². The maximum atomic E-state index is 13.9. The molecule has 8 heteroatoms. The SMILES string of the molecule is O=C1SC(=NC2CCCCC2)N(C2CCCCC2)C1=C1C(=O)SC(=NC2CCCCC2)N1C1CCCCC1. The van der Waals surface area contributed by atoms with Gasteiger partial charge >= 0.3 is 0 Å². The van der Waals surface area contributed by atoms with Crippen molar-refractivity contribution in [1.82, 2.24) is 9.80 Å².